The number of aromatic nitrogens is 3. The molecule has 0 saturated heterocycles. The van der Waals surface area contributed by atoms with Crippen LogP contribution in [0.4, 0.5) is 26.0 Å². The highest BCUT2D eigenvalue weighted by molar-refractivity contribution is 5.83. The molecule has 4 N–H and O–H groups in total. The van der Waals surface area contributed by atoms with E-state index in [1.807, 2.05) is 6.07 Å². The van der Waals surface area contributed by atoms with Crippen LogP contribution in [-0.2, 0) is 0 Å². The van der Waals surface area contributed by atoms with Crippen LogP contribution >= 0.6 is 0 Å². The molecule has 144 valence electrons. The van der Waals surface area contributed by atoms with Crippen molar-refractivity contribution in [1.82, 2.24) is 15.0 Å². The highest BCUT2D eigenvalue weighted by Gasteiger charge is 2.19. The van der Waals surface area contributed by atoms with Gasteiger partial charge in [0.05, 0.1) is 5.52 Å². The standard InChI is InChI=1S/C20H14F2N6O/c1-10-6-13-17(22)16(7-15(21)18(13)27-10)29-20-14(8-23)19(25-9-26-20)28-12-4-2-11(24)3-5-12/h2-7,9,27H,24H2,1H3,(H,25,26,28). The maximum absolute atomic E-state index is 14.8. The highest BCUT2D eigenvalue weighted by Crippen LogP contribution is 2.34. The van der Waals surface area contributed by atoms with Crippen LogP contribution in [0.15, 0.2) is 42.7 Å². The maximum Gasteiger partial charge on any atom is 0.242 e. The van der Waals surface area contributed by atoms with Crippen molar-refractivity contribution in [3.8, 4) is 17.7 Å². The first-order valence-electron chi connectivity index (χ1n) is 8.49. The van der Waals surface area contributed by atoms with Crippen LogP contribution in [-0.4, -0.2) is 15.0 Å². The third-order valence-corrected chi connectivity index (χ3v) is 4.21. The number of hydrogen-bond acceptors (Lipinski definition) is 6. The minimum Gasteiger partial charge on any atom is -0.434 e. The SMILES string of the molecule is Cc1cc2c(F)c(Oc3ncnc(Nc4ccc(N)cc4)c3C#N)cc(F)c2[nH]1. The number of nitrogen functional groups attached to an aromatic ring is 1. The average molecular weight is 392 g/mol. The van der Waals surface area contributed by atoms with E-state index in [4.69, 9.17) is 10.5 Å². The number of aromatic amines is 1. The Kier molecular flexibility index (Phi) is 4.44. The second-order valence-electron chi connectivity index (χ2n) is 6.27. The molecule has 0 bridgehead atoms. The van der Waals surface area contributed by atoms with E-state index in [0.29, 0.717) is 17.1 Å². The quantitative estimate of drug-likeness (QED) is 0.440. The Labute approximate surface area is 163 Å². The van der Waals surface area contributed by atoms with Crippen molar-refractivity contribution in [2.45, 2.75) is 6.92 Å². The number of fused-ring (bicyclic) bond motifs is 1. The van der Waals surface area contributed by atoms with Gasteiger partial charge in [0.25, 0.3) is 0 Å². The lowest BCUT2D eigenvalue weighted by atomic mass is 10.2. The van der Waals surface area contributed by atoms with Crippen LogP contribution in [0.1, 0.15) is 11.3 Å². The summed E-state index contributed by atoms with van der Waals surface area (Å²) in [5, 5.41) is 12.6. The first-order chi connectivity index (χ1) is 14.0. The lowest BCUT2D eigenvalue weighted by Crippen LogP contribution is -2.02. The molecule has 4 aromatic rings. The number of ether oxygens (including phenoxy) is 1. The fraction of sp³-hybridized carbons (Fsp3) is 0.0500. The van der Waals surface area contributed by atoms with E-state index < -0.39 is 11.6 Å². The summed E-state index contributed by atoms with van der Waals surface area (Å²) >= 11 is 0. The third-order valence-electron chi connectivity index (χ3n) is 4.21. The summed E-state index contributed by atoms with van der Waals surface area (Å²) in [7, 11) is 0. The Morgan fingerprint density at radius 2 is 1.93 bits per heavy atom. The Bertz CT molecular complexity index is 1260. The molecular weight excluding hydrogens is 378 g/mol. The van der Waals surface area contributed by atoms with Crippen LogP contribution in [0.2, 0.25) is 0 Å². The van der Waals surface area contributed by atoms with E-state index in [0.717, 1.165) is 12.4 Å². The van der Waals surface area contributed by atoms with Crippen molar-refractivity contribution in [2.75, 3.05) is 11.1 Å². The summed E-state index contributed by atoms with van der Waals surface area (Å²) in [6.07, 6.45) is 1.16. The number of rotatable bonds is 4. The number of hydrogen-bond donors (Lipinski definition) is 3. The number of aryl methyl sites for hydroxylation is 1. The van der Waals surface area contributed by atoms with Crippen LogP contribution in [0.5, 0.6) is 11.6 Å². The van der Waals surface area contributed by atoms with Gasteiger partial charge < -0.3 is 20.8 Å². The molecule has 7 nitrogen and oxygen atoms in total. The van der Waals surface area contributed by atoms with Gasteiger partial charge in [-0.25, -0.2) is 18.7 Å². The largest absolute Gasteiger partial charge is 0.434 e. The summed E-state index contributed by atoms with van der Waals surface area (Å²) in [6.45, 7) is 1.69. The fourth-order valence-corrected chi connectivity index (χ4v) is 2.86. The van der Waals surface area contributed by atoms with Gasteiger partial charge in [-0.2, -0.15) is 5.26 Å². The van der Waals surface area contributed by atoms with Crippen LogP contribution in [0.3, 0.4) is 0 Å². The van der Waals surface area contributed by atoms with Crippen LogP contribution in [0.25, 0.3) is 10.9 Å². The van der Waals surface area contributed by atoms with E-state index in [1.54, 1.807) is 31.2 Å². The van der Waals surface area contributed by atoms with E-state index in [-0.39, 0.29) is 33.9 Å². The lowest BCUT2D eigenvalue weighted by Gasteiger charge is -2.12. The van der Waals surface area contributed by atoms with Crippen molar-refractivity contribution in [3.05, 3.63) is 65.6 Å². The topological polar surface area (TPSA) is 113 Å². The minimum atomic E-state index is -0.763. The van der Waals surface area contributed by atoms with Gasteiger partial charge in [0, 0.05) is 28.5 Å². The number of nitriles is 1. The van der Waals surface area contributed by atoms with E-state index in [2.05, 4.69) is 20.3 Å². The van der Waals surface area contributed by atoms with E-state index in [9.17, 15) is 14.0 Å². The van der Waals surface area contributed by atoms with Gasteiger partial charge in [0.2, 0.25) is 5.88 Å². The van der Waals surface area contributed by atoms with Crippen LogP contribution in [0, 0.1) is 29.9 Å². The average Bonchev–Trinajstić information content (AvgIpc) is 3.10. The molecule has 0 fully saturated rings. The number of nitrogens with two attached hydrogens (primary N) is 1. The van der Waals surface area contributed by atoms with Crippen molar-refractivity contribution in [2.24, 2.45) is 0 Å². The zero-order valence-electron chi connectivity index (χ0n) is 15.1. The molecule has 0 aliphatic rings. The molecule has 0 atom stereocenters. The number of nitrogens with zero attached hydrogens (tertiary/aromatic N) is 3. The number of benzene rings is 2. The molecular formula is C20H14F2N6O. The van der Waals surface area contributed by atoms with Crippen molar-refractivity contribution in [3.63, 3.8) is 0 Å². The number of anilines is 3. The minimum absolute atomic E-state index is 0.0428. The molecule has 0 radical (unpaired) electrons. The number of H-pyrrole nitrogens is 1. The molecule has 9 heteroatoms. The first-order valence-corrected chi connectivity index (χ1v) is 8.49. The van der Waals surface area contributed by atoms with E-state index in [1.165, 1.54) is 6.07 Å². The summed E-state index contributed by atoms with van der Waals surface area (Å²) in [5.74, 6) is -1.88. The molecule has 0 saturated carbocycles. The molecule has 0 aliphatic heterocycles. The Morgan fingerprint density at radius 1 is 1.17 bits per heavy atom. The molecule has 0 amide bonds. The smallest absolute Gasteiger partial charge is 0.242 e. The zero-order chi connectivity index (χ0) is 20.5. The monoisotopic (exact) mass is 392 g/mol. The van der Waals surface area contributed by atoms with Gasteiger partial charge in [-0.05, 0) is 37.3 Å². The molecule has 2 aromatic heterocycles. The Morgan fingerprint density at radius 3 is 2.66 bits per heavy atom. The summed E-state index contributed by atoms with van der Waals surface area (Å²) in [5.41, 5.74) is 7.45. The highest BCUT2D eigenvalue weighted by atomic mass is 19.1. The normalized spacial score (nSPS) is 10.7. The predicted molar refractivity (Wildman–Crippen MR) is 104 cm³/mol. The first kappa shape index (κ1) is 18.2. The molecule has 4 rings (SSSR count). The van der Waals surface area contributed by atoms with Crippen molar-refractivity contribution in [1.29, 1.82) is 5.26 Å². The van der Waals surface area contributed by atoms with Gasteiger partial charge in [-0.1, -0.05) is 0 Å². The zero-order valence-corrected chi connectivity index (χ0v) is 15.1. The van der Waals surface area contributed by atoms with Gasteiger partial charge in [-0.3, -0.25) is 0 Å². The van der Waals surface area contributed by atoms with E-state index >= 15 is 0 Å². The predicted octanol–water partition coefficient (Wildman–Crippen LogP) is 4.53. The molecule has 2 aromatic carbocycles. The summed E-state index contributed by atoms with van der Waals surface area (Å²) in [6, 6.07) is 11.1. The molecule has 29 heavy (non-hydrogen) atoms. The molecule has 2 heterocycles. The van der Waals surface area contributed by atoms with Crippen molar-refractivity contribution < 1.29 is 13.5 Å². The second kappa shape index (κ2) is 7.09. The van der Waals surface area contributed by atoms with Gasteiger partial charge in [0.15, 0.2) is 28.8 Å². The molecule has 0 spiro atoms. The third kappa shape index (κ3) is 3.39. The van der Waals surface area contributed by atoms with Gasteiger partial charge in [0.1, 0.15) is 12.4 Å². The number of halogens is 2. The fourth-order valence-electron chi connectivity index (χ4n) is 2.86. The summed E-state index contributed by atoms with van der Waals surface area (Å²) in [4.78, 5) is 10.7. The lowest BCUT2D eigenvalue weighted by molar-refractivity contribution is 0.424. The van der Waals surface area contributed by atoms with Crippen LogP contribution < -0.4 is 15.8 Å². The molecule has 0 aliphatic carbocycles. The maximum atomic E-state index is 14.8. The summed E-state index contributed by atoms with van der Waals surface area (Å²) < 4.78 is 34.6. The number of nitrogens with one attached hydrogen (secondary N) is 2. The van der Waals surface area contributed by atoms with Gasteiger partial charge in [-0.15, -0.1) is 0 Å². The Hall–Kier alpha value is -4.19. The second-order valence-corrected chi connectivity index (χ2v) is 6.27. The Balaban J connectivity index is 1.73. The molecule has 0 unspecified atom stereocenters. The van der Waals surface area contributed by atoms with Gasteiger partial charge >= 0.3 is 0 Å². The van der Waals surface area contributed by atoms with Crippen molar-refractivity contribution >= 4 is 28.1 Å².